The monoisotopic (exact) mass is 281 g/mol. The fraction of sp³-hybridized carbons (Fsp3) is 0.571. The molecule has 1 heterocycles. The van der Waals surface area contributed by atoms with E-state index in [0.717, 1.165) is 19.2 Å². The summed E-state index contributed by atoms with van der Waals surface area (Å²) in [5.74, 6) is -0.800. The molecule has 2 rings (SSSR count). The third kappa shape index (κ3) is 3.45. The Morgan fingerprint density at radius 1 is 1.40 bits per heavy atom. The lowest BCUT2D eigenvalue weighted by Crippen LogP contribution is -2.41. The first-order valence-corrected chi connectivity index (χ1v) is 7.00. The van der Waals surface area contributed by atoms with Crippen LogP contribution in [0.25, 0.3) is 0 Å². The minimum absolute atomic E-state index is 0.249. The number of para-hydroxylation sites is 1. The van der Waals surface area contributed by atoms with Crippen molar-refractivity contribution in [3.05, 3.63) is 34.1 Å². The lowest BCUT2D eigenvalue weighted by Gasteiger charge is -2.32. The summed E-state index contributed by atoms with van der Waals surface area (Å²) in [6.07, 6.45) is 3.67. The zero-order valence-corrected chi connectivity index (χ0v) is 11.6. The second-order valence-corrected chi connectivity index (χ2v) is 5.22. The van der Waals surface area contributed by atoms with Gasteiger partial charge in [0, 0.05) is 12.6 Å². The largest absolute Gasteiger partial charge is 0.378 e. The van der Waals surface area contributed by atoms with Gasteiger partial charge in [-0.25, -0.2) is 0 Å². The molecule has 1 aromatic carbocycles. The molecule has 1 N–H and O–H groups in total. The SMILES string of the molecule is CC(CNc1cccc(F)c1[N+](=O)[O-])N1CCCCC1. The minimum atomic E-state index is -0.800. The molecule has 110 valence electrons. The van der Waals surface area contributed by atoms with Gasteiger partial charge in [0.25, 0.3) is 0 Å². The van der Waals surface area contributed by atoms with Crippen LogP contribution in [0.3, 0.4) is 0 Å². The number of nitro groups is 1. The van der Waals surface area contributed by atoms with Crippen molar-refractivity contribution < 1.29 is 9.31 Å². The van der Waals surface area contributed by atoms with Gasteiger partial charge < -0.3 is 5.32 Å². The summed E-state index contributed by atoms with van der Waals surface area (Å²) in [5, 5.41) is 13.9. The maximum Gasteiger partial charge on any atom is 0.327 e. The van der Waals surface area contributed by atoms with E-state index < -0.39 is 16.4 Å². The van der Waals surface area contributed by atoms with Crippen molar-refractivity contribution in [1.82, 2.24) is 4.90 Å². The van der Waals surface area contributed by atoms with Gasteiger partial charge >= 0.3 is 5.69 Å². The summed E-state index contributed by atoms with van der Waals surface area (Å²) in [6.45, 7) is 4.79. The van der Waals surface area contributed by atoms with E-state index >= 15 is 0 Å². The molecule has 1 atom stereocenters. The third-order valence-corrected chi connectivity index (χ3v) is 3.77. The molecule has 5 nitrogen and oxygen atoms in total. The Morgan fingerprint density at radius 3 is 2.75 bits per heavy atom. The molecule has 1 aliphatic rings. The van der Waals surface area contributed by atoms with Gasteiger partial charge in [0.2, 0.25) is 5.82 Å². The number of rotatable bonds is 5. The summed E-state index contributed by atoms with van der Waals surface area (Å²) in [4.78, 5) is 12.6. The first-order valence-electron chi connectivity index (χ1n) is 7.00. The minimum Gasteiger partial charge on any atom is -0.378 e. The highest BCUT2D eigenvalue weighted by Crippen LogP contribution is 2.27. The van der Waals surface area contributed by atoms with E-state index in [1.165, 1.54) is 25.3 Å². The number of hydrogen-bond donors (Lipinski definition) is 1. The topological polar surface area (TPSA) is 58.4 Å². The number of halogens is 1. The molecule has 20 heavy (non-hydrogen) atoms. The van der Waals surface area contributed by atoms with Crippen molar-refractivity contribution in [2.24, 2.45) is 0 Å². The average molecular weight is 281 g/mol. The number of anilines is 1. The zero-order chi connectivity index (χ0) is 14.5. The Hall–Kier alpha value is -1.69. The second-order valence-electron chi connectivity index (χ2n) is 5.22. The van der Waals surface area contributed by atoms with Gasteiger partial charge in [-0.15, -0.1) is 0 Å². The number of likely N-dealkylation sites (tertiary alicyclic amines) is 1. The molecule has 1 saturated heterocycles. The molecule has 0 bridgehead atoms. The van der Waals surface area contributed by atoms with E-state index in [9.17, 15) is 14.5 Å². The highest BCUT2D eigenvalue weighted by Gasteiger charge is 2.21. The molecular weight excluding hydrogens is 261 g/mol. The van der Waals surface area contributed by atoms with Crippen LogP contribution in [0.15, 0.2) is 18.2 Å². The van der Waals surface area contributed by atoms with Gasteiger partial charge in [0.05, 0.1) is 4.92 Å². The van der Waals surface area contributed by atoms with Crippen LogP contribution >= 0.6 is 0 Å². The van der Waals surface area contributed by atoms with Gasteiger partial charge in [-0.3, -0.25) is 15.0 Å². The predicted molar refractivity (Wildman–Crippen MR) is 76.4 cm³/mol. The fourth-order valence-electron chi connectivity index (χ4n) is 2.59. The Kier molecular flexibility index (Phi) is 4.89. The normalized spacial score (nSPS) is 17.7. The lowest BCUT2D eigenvalue weighted by atomic mass is 10.1. The Bertz CT molecular complexity index is 475. The van der Waals surface area contributed by atoms with Gasteiger partial charge in [0.15, 0.2) is 0 Å². The van der Waals surface area contributed by atoms with E-state index in [-0.39, 0.29) is 11.7 Å². The van der Waals surface area contributed by atoms with Crippen LogP contribution in [0, 0.1) is 15.9 Å². The van der Waals surface area contributed by atoms with Crippen LogP contribution in [0.5, 0.6) is 0 Å². The van der Waals surface area contributed by atoms with Crippen LogP contribution in [0.1, 0.15) is 26.2 Å². The summed E-state index contributed by atoms with van der Waals surface area (Å²) in [7, 11) is 0. The standard InChI is InChI=1S/C14H20FN3O2/c1-11(17-8-3-2-4-9-17)10-16-13-7-5-6-12(15)14(13)18(19)20/h5-7,11,16H,2-4,8-10H2,1H3. The average Bonchev–Trinajstić information content (AvgIpc) is 2.45. The molecular formula is C14H20FN3O2. The molecule has 0 aromatic heterocycles. The number of piperidine rings is 1. The number of hydrogen-bond acceptors (Lipinski definition) is 4. The van der Waals surface area contributed by atoms with E-state index in [4.69, 9.17) is 0 Å². The molecule has 0 spiro atoms. The summed E-state index contributed by atoms with van der Waals surface area (Å²) >= 11 is 0. The summed E-state index contributed by atoms with van der Waals surface area (Å²) in [5.41, 5.74) is -0.225. The van der Waals surface area contributed by atoms with Crippen molar-refractivity contribution in [2.45, 2.75) is 32.2 Å². The van der Waals surface area contributed by atoms with Crippen LogP contribution in [0.2, 0.25) is 0 Å². The molecule has 6 heteroatoms. The molecule has 0 aliphatic carbocycles. The highest BCUT2D eigenvalue weighted by molar-refractivity contribution is 5.61. The molecule has 1 fully saturated rings. The van der Waals surface area contributed by atoms with Crippen LogP contribution in [0.4, 0.5) is 15.8 Å². The Morgan fingerprint density at radius 2 is 2.10 bits per heavy atom. The number of nitro benzene ring substituents is 1. The van der Waals surface area contributed by atoms with Crippen LogP contribution in [-0.2, 0) is 0 Å². The van der Waals surface area contributed by atoms with Crippen LogP contribution < -0.4 is 5.32 Å². The maximum atomic E-state index is 13.5. The molecule has 0 radical (unpaired) electrons. The van der Waals surface area contributed by atoms with Gasteiger partial charge in [-0.05, 0) is 45.0 Å². The summed E-state index contributed by atoms with van der Waals surface area (Å²) in [6, 6.07) is 4.41. The van der Waals surface area contributed by atoms with Crippen molar-refractivity contribution in [3.8, 4) is 0 Å². The van der Waals surface area contributed by atoms with Crippen molar-refractivity contribution in [2.75, 3.05) is 25.0 Å². The number of benzene rings is 1. The number of nitrogens with one attached hydrogen (secondary N) is 1. The van der Waals surface area contributed by atoms with Crippen molar-refractivity contribution in [1.29, 1.82) is 0 Å². The van der Waals surface area contributed by atoms with E-state index in [1.807, 2.05) is 0 Å². The lowest BCUT2D eigenvalue weighted by molar-refractivity contribution is -0.386. The number of nitrogens with zero attached hydrogens (tertiary/aromatic N) is 2. The zero-order valence-electron chi connectivity index (χ0n) is 11.6. The van der Waals surface area contributed by atoms with E-state index in [2.05, 4.69) is 17.1 Å². The van der Waals surface area contributed by atoms with Crippen molar-refractivity contribution in [3.63, 3.8) is 0 Å². The predicted octanol–water partition coefficient (Wildman–Crippen LogP) is 3.02. The fourth-order valence-corrected chi connectivity index (χ4v) is 2.59. The molecule has 0 saturated carbocycles. The second kappa shape index (κ2) is 6.65. The Labute approximate surface area is 117 Å². The molecule has 1 unspecified atom stereocenters. The van der Waals surface area contributed by atoms with Gasteiger partial charge in [-0.1, -0.05) is 12.5 Å². The third-order valence-electron chi connectivity index (χ3n) is 3.77. The van der Waals surface area contributed by atoms with Gasteiger partial charge in [0.1, 0.15) is 5.69 Å². The summed E-state index contributed by atoms with van der Waals surface area (Å²) < 4.78 is 13.5. The maximum absolute atomic E-state index is 13.5. The molecule has 1 aromatic rings. The van der Waals surface area contributed by atoms with E-state index in [1.54, 1.807) is 6.07 Å². The van der Waals surface area contributed by atoms with E-state index in [0.29, 0.717) is 6.54 Å². The Balaban J connectivity index is 2.00. The van der Waals surface area contributed by atoms with Crippen LogP contribution in [-0.4, -0.2) is 35.5 Å². The smallest absolute Gasteiger partial charge is 0.327 e. The molecule has 0 amide bonds. The quantitative estimate of drug-likeness (QED) is 0.665. The first-order chi connectivity index (χ1) is 9.59. The first kappa shape index (κ1) is 14.7. The van der Waals surface area contributed by atoms with Gasteiger partial charge in [-0.2, -0.15) is 4.39 Å². The highest BCUT2D eigenvalue weighted by atomic mass is 19.1. The van der Waals surface area contributed by atoms with Crippen molar-refractivity contribution >= 4 is 11.4 Å². The molecule has 1 aliphatic heterocycles.